The number of aromatic amines is 1. The van der Waals surface area contributed by atoms with Crippen LogP contribution in [0, 0.1) is 5.92 Å². The van der Waals surface area contributed by atoms with Crippen molar-refractivity contribution in [3.63, 3.8) is 0 Å². The molecule has 0 spiro atoms. The van der Waals surface area contributed by atoms with E-state index in [1.807, 2.05) is 45.2 Å². The van der Waals surface area contributed by atoms with Crippen molar-refractivity contribution in [2.75, 3.05) is 0 Å². The smallest absolute Gasteiger partial charge is 0.323 e. The minimum Gasteiger partial charge on any atom is -0.459 e. The average molecular weight is 483 g/mol. The SMILES string of the molecule is CCC(CC)C[C@H](NC(C)=O)[C@H]1[C@H](c2ncc[nH]2)C[C@H](C(=O)OC(C)(C)C)N1Cc1ccccc1. The van der Waals surface area contributed by atoms with Gasteiger partial charge in [0.05, 0.1) is 0 Å². The largest absolute Gasteiger partial charge is 0.459 e. The third kappa shape index (κ3) is 7.17. The third-order valence-electron chi connectivity index (χ3n) is 6.97. The number of ether oxygens (including phenoxy) is 1. The van der Waals surface area contributed by atoms with Crippen molar-refractivity contribution in [1.29, 1.82) is 0 Å². The first-order valence-corrected chi connectivity index (χ1v) is 12.9. The zero-order chi connectivity index (χ0) is 25.6. The maximum atomic E-state index is 13.5. The van der Waals surface area contributed by atoms with Gasteiger partial charge < -0.3 is 15.0 Å². The Hall–Kier alpha value is -2.67. The van der Waals surface area contributed by atoms with Gasteiger partial charge >= 0.3 is 5.97 Å². The summed E-state index contributed by atoms with van der Waals surface area (Å²) in [7, 11) is 0. The Morgan fingerprint density at radius 3 is 2.43 bits per heavy atom. The molecule has 0 unspecified atom stereocenters. The van der Waals surface area contributed by atoms with E-state index in [0.717, 1.165) is 30.7 Å². The zero-order valence-corrected chi connectivity index (χ0v) is 22.1. The Kier molecular flexibility index (Phi) is 9.11. The van der Waals surface area contributed by atoms with Crippen molar-refractivity contribution in [2.45, 2.75) is 103 Å². The van der Waals surface area contributed by atoms with Gasteiger partial charge in [0.1, 0.15) is 17.5 Å². The molecule has 192 valence electrons. The molecule has 7 heteroatoms. The fourth-order valence-electron chi connectivity index (χ4n) is 5.36. The summed E-state index contributed by atoms with van der Waals surface area (Å²) in [6.07, 6.45) is 7.09. The highest BCUT2D eigenvalue weighted by molar-refractivity contribution is 5.77. The summed E-state index contributed by atoms with van der Waals surface area (Å²) >= 11 is 0. The molecule has 2 aromatic rings. The first kappa shape index (κ1) is 26.9. The van der Waals surface area contributed by atoms with Crippen LogP contribution in [0.25, 0.3) is 0 Å². The van der Waals surface area contributed by atoms with Gasteiger partial charge in [0, 0.05) is 43.9 Å². The Morgan fingerprint density at radius 2 is 1.89 bits per heavy atom. The summed E-state index contributed by atoms with van der Waals surface area (Å²) in [6, 6.07) is 9.52. The molecule has 0 aliphatic carbocycles. The highest BCUT2D eigenvalue weighted by Crippen LogP contribution is 2.41. The fraction of sp³-hybridized carbons (Fsp3) is 0.607. The van der Waals surface area contributed by atoms with Crippen LogP contribution < -0.4 is 5.32 Å². The van der Waals surface area contributed by atoms with Crippen LogP contribution in [0.4, 0.5) is 0 Å². The number of rotatable bonds is 10. The number of hydrogen-bond acceptors (Lipinski definition) is 5. The lowest BCUT2D eigenvalue weighted by Gasteiger charge is -2.38. The number of hydrogen-bond donors (Lipinski definition) is 2. The van der Waals surface area contributed by atoms with Crippen LogP contribution in [-0.2, 0) is 20.9 Å². The summed E-state index contributed by atoms with van der Waals surface area (Å²) in [5, 5.41) is 3.26. The van der Waals surface area contributed by atoms with Gasteiger partial charge in [-0.1, -0.05) is 57.0 Å². The quantitative estimate of drug-likeness (QED) is 0.475. The lowest BCUT2D eigenvalue weighted by Crippen LogP contribution is -2.54. The number of benzene rings is 1. The standard InChI is InChI=1S/C28H42N4O3/c1-7-20(8-2)16-23(31-19(3)33)25-22(26-29-14-15-30-26)17-24(27(34)35-28(4,5)6)32(25)18-21-12-10-9-11-13-21/h9-15,20,22-25H,7-8,16-18H2,1-6H3,(H,29,30)(H,31,33)/t22-,23+,24-,25-/m1/s1. The molecule has 1 fully saturated rings. The molecule has 1 aromatic heterocycles. The molecule has 0 saturated carbocycles. The van der Waals surface area contributed by atoms with Gasteiger partial charge in [0.15, 0.2) is 0 Å². The first-order chi connectivity index (χ1) is 16.6. The van der Waals surface area contributed by atoms with Gasteiger partial charge in [-0.15, -0.1) is 0 Å². The predicted molar refractivity (Wildman–Crippen MR) is 138 cm³/mol. The third-order valence-corrected chi connectivity index (χ3v) is 6.97. The van der Waals surface area contributed by atoms with E-state index in [2.05, 4.69) is 46.2 Å². The Labute approximate surface area is 210 Å². The Balaban J connectivity index is 2.07. The van der Waals surface area contributed by atoms with E-state index in [9.17, 15) is 9.59 Å². The molecule has 2 N–H and O–H groups in total. The molecular weight excluding hydrogens is 440 g/mol. The second-order valence-corrected chi connectivity index (χ2v) is 10.7. The molecule has 1 aliphatic rings. The highest BCUT2D eigenvalue weighted by Gasteiger charge is 2.50. The van der Waals surface area contributed by atoms with E-state index >= 15 is 0 Å². The monoisotopic (exact) mass is 482 g/mol. The number of nitrogens with zero attached hydrogens (tertiary/aromatic N) is 2. The summed E-state index contributed by atoms with van der Waals surface area (Å²) in [5.74, 6) is 0.996. The molecule has 1 aliphatic heterocycles. The van der Waals surface area contributed by atoms with Crippen molar-refractivity contribution in [2.24, 2.45) is 5.92 Å². The number of amides is 1. The highest BCUT2D eigenvalue weighted by atomic mass is 16.6. The maximum absolute atomic E-state index is 13.5. The van der Waals surface area contributed by atoms with Crippen molar-refractivity contribution in [1.82, 2.24) is 20.2 Å². The normalized spacial score (nSPS) is 21.7. The number of carbonyl (C=O) groups excluding carboxylic acids is 2. The summed E-state index contributed by atoms with van der Waals surface area (Å²) in [6.45, 7) is 12.3. The summed E-state index contributed by atoms with van der Waals surface area (Å²) in [5.41, 5.74) is 0.538. The molecule has 7 nitrogen and oxygen atoms in total. The van der Waals surface area contributed by atoms with Gasteiger partial charge in [-0.05, 0) is 45.1 Å². The van der Waals surface area contributed by atoms with E-state index in [4.69, 9.17) is 4.74 Å². The van der Waals surface area contributed by atoms with Crippen molar-refractivity contribution in [3.8, 4) is 0 Å². The number of H-pyrrole nitrogens is 1. The molecule has 1 saturated heterocycles. The van der Waals surface area contributed by atoms with E-state index in [-0.39, 0.29) is 29.9 Å². The van der Waals surface area contributed by atoms with E-state index in [0.29, 0.717) is 18.9 Å². The molecule has 4 atom stereocenters. The minimum atomic E-state index is -0.583. The molecule has 1 amide bonds. The van der Waals surface area contributed by atoms with E-state index in [1.165, 1.54) is 0 Å². The number of carbonyl (C=O) groups is 2. The lowest BCUT2D eigenvalue weighted by molar-refractivity contribution is -0.161. The second-order valence-electron chi connectivity index (χ2n) is 10.7. The Bertz CT molecular complexity index is 935. The summed E-state index contributed by atoms with van der Waals surface area (Å²) in [4.78, 5) is 36.0. The maximum Gasteiger partial charge on any atom is 0.323 e. The number of nitrogens with one attached hydrogen (secondary N) is 2. The number of likely N-dealkylation sites (tertiary alicyclic amines) is 1. The van der Waals surface area contributed by atoms with Crippen molar-refractivity contribution in [3.05, 3.63) is 54.1 Å². The molecule has 35 heavy (non-hydrogen) atoms. The van der Waals surface area contributed by atoms with Gasteiger partial charge in [0.2, 0.25) is 5.91 Å². The van der Waals surface area contributed by atoms with Crippen LogP contribution in [0.3, 0.4) is 0 Å². The molecule has 0 radical (unpaired) electrons. The second kappa shape index (κ2) is 11.8. The number of esters is 1. The predicted octanol–water partition coefficient (Wildman–Crippen LogP) is 4.81. The molecule has 1 aromatic carbocycles. The van der Waals surface area contributed by atoms with Crippen LogP contribution in [0.2, 0.25) is 0 Å². The average Bonchev–Trinajstić information content (AvgIpc) is 3.44. The van der Waals surface area contributed by atoms with Crippen LogP contribution >= 0.6 is 0 Å². The van der Waals surface area contributed by atoms with Crippen molar-refractivity contribution >= 4 is 11.9 Å². The van der Waals surface area contributed by atoms with Crippen molar-refractivity contribution < 1.29 is 14.3 Å². The van der Waals surface area contributed by atoms with Crippen LogP contribution in [0.5, 0.6) is 0 Å². The topological polar surface area (TPSA) is 87.3 Å². The van der Waals surface area contributed by atoms with Crippen LogP contribution in [0.1, 0.15) is 84.5 Å². The number of imidazole rings is 1. The zero-order valence-electron chi connectivity index (χ0n) is 22.1. The van der Waals surface area contributed by atoms with Crippen LogP contribution in [-0.4, -0.2) is 50.5 Å². The van der Waals surface area contributed by atoms with E-state index < -0.39 is 11.6 Å². The number of aromatic nitrogens is 2. The Morgan fingerprint density at radius 1 is 1.20 bits per heavy atom. The molecule has 3 rings (SSSR count). The molecule has 0 bridgehead atoms. The molecular formula is C28H42N4O3. The van der Waals surface area contributed by atoms with Gasteiger partial charge in [-0.25, -0.2) is 4.98 Å². The van der Waals surface area contributed by atoms with E-state index in [1.54, 1.807) is 13.1 Å². The van der Waals surface area contributed by atoms with Crippen LogP contribution in [0.15, 0.2) is 42.7 Å². The first-order valence-electron chi connectivity index (χ1n) is 12.9. The van der Waals surface area contributed by atoms with Gasteiger partial charge in [-0.2, -0.15) is 0 Å². The minimum absolute atomic E-state index is 0.0440. The van der Waals surface area contributed by atoms with Gasteiger partial charge in [-0.3, -0.25) is 14.5 Å². The fourth-order valence-corrected chi connectivity index (χ4v) is 5.36. The van der Waals surface area contributed by atoms with Gasteiger partial charge in [0.25, 0.3) is 0 Å². The lowest BCUT2D eigenvalue weighted by atomic mass is 9.85. The molecule has 2 heterocycles. The summed E-state index contributed by atoms with van der Waals surface area (Å²) < 4.78 is 5.89.